The number of thiazole rings is 1. The van der Waals surface area contributed by atoms with Crippen LogP contribution in [-0.4, -0.2) is 10.9 Å². The summed E-state index contributed by atoms with van der Waals surface area (Å²) in [5.74, 6) is 4.25. The quantitative estimate of drug-likeness (QED) is 0.513. The molecule has 4 N–H and O–H groups in total. The molecule has 1 amide bonds. The number of fused-ring (bicyclic) bond motifs is 1. The minimum Gasteiger partial charge on any atom is -0.322 e. The van der Waals surface area contributed by atoms with Crippen LogP contribution >= 0.6 is 11.3 Å². The number of amides is 1. The number of halogens is 1. The number of para-hydroxylation sites is 1. The number of aromatic nitrogens is 1. The molecule has 1 aromatic heterocycles. The van der Waals surface area contributed by atoms with E-state index < -0.39 is 11.7 Å². The largest absolute Gasteiger partial charge is 0.322 e. The van der Waals surface area contributed by atoms with Crippen LogP contribution in [0, 0.1) is 5.82 Å². The zero-order valence-electron chi connectivity index (χ0n) is 10.8. The molecule has 0 saturated carbocycles. The molecule has 5 nitrogen and oxygen atoms in total. The van der Waals surface area contributed by atoms with Gasteiger partial charge < -0.3 is 10.7 Å². The van der Waals surface area contributed by atoms with E-state index in [1.165, 1.54) is 29.5 Å². The average Bonchev–Trinajstić information content (AvgIpc) is 2.94. The van der Waals surface area contributed by atoms with E-state index in [2.05, 4.69) is 15.7 Å². The number of benzene rings is 2. The molecule has 3 aromatic rings. The fourth-order valence-electron chi connectivity index (χ4n) is 1.99. The number of nitrogens with zero attached hydrogens (tertiary/aromatic N) is 1. The van der Waals surface area contributed by atoms with Gasteiger partial charge in [-0.05, 0) is 30.3 Å². The molecule has 0 aliphatic rings. The molecule has 3 rings (SSSR count). The Balaban J connectivity index is 1.90. The van der Waals surface area contributed by atoms with Gasteiger partial charge in [-0.25, -0.2) is 9.37 Å². The first kappa shape index (κ1) is 13.5. The van der Waals surface area contributed by atoms with Gasteiger partial charge in [0.05, 0.1) is 27.0 Å². The Bertz CT molecular complexity index is 818. The van der Waals surface area contributed by atoms with Crippen molar-refractivity contribution in [2.24, 2.45) is 5.84 Å². The molecule has 2 aromatic carbocycles. The van der Waals surface area contributed by atoms with Gasteiger partial charge in [0.15, 0.2) is 0 Å². The molecule has 0 bridgehead atoms. The Labute approximate surface area is 123 Å². The minimum atomic E-state index is -0.581. The lowest BCUT2D eigenvalue weighted by Gasteiger charge is -2.10. The third-order valence-corrected chi connectivity index (χ3v) is 3.78. The molecule has 0 fully saturated rings. The summed E-state index contributed by atoms with van der Waals surface area (Å²) >= 11 is 1.48. The fourth-order valence-corrected chi connectivity index (χ4v) is 2.71. The van der Waals surface area contributed by atoms with Gasteiger partial charge >= 0.3 is 0 Å². The minimum absolute atomic E-state index is 0.0335. The molecule has 0 unspecified atom stereocenters. The maximum absolute atomic E-state index is 13.6. The van der Waals surface area contributed by atoms with Crippen LogP contribution in [0.15, 0.2) is 41.9 Å². The summed E-state index contributed by atoms with van der Waals surface area (Å²) in [5.41, 5.74) is 5.54. The van der Waals surface area contributed by atoms with Crippen molar-refractivity contribution >= 4 is 38.8 Å². The number of nitrogen functional groups attached to an aromatic ring is 1. The summed E-state index contributed by atoms with van der Waals surface area (Å²) in [4.78, 5) is 16.4. The molecule has 0 aliphatic carbocycles. The highest BCUT2D eigenvalue weighted by molar-refractivity contribution is 7.16. The Hall–Kier alpha value is -2.51. The van der Waals surface area contributed by atoms with Crippen LogP contribution in [0.2, 0.25) is 0 Å². The van der Waals surface area contributed by atoms with E-state index in [-0.39, 0.29) is 11.3 Å². The molecule has 0 radical (unpaired) electrons. The monoisotopic (exact) mass is 302 g/mol. The van der Waals surface area contributed by atoms with E-state index in [9.17, 15) is 9.18 Å². The number of nitrogens with two attached hydrogens (primary N) is 1. The van der Waals surface area contributed by atoms with Crippen LogP contribution in [-0.2, 0) is 0 Å². The molecule has 0 saturated heterocycles. The molecule has 21 heavy (non-hydrogen) atoms. The molecule has 1 heterocycles. The van der Waals surface area contributed by atoms with E-state index in [4.69, 9.17) is 5.84 Å². The lowest BCUT2D eigenvalue weighted by atomic mass is 10.1. The Morgan fingerprint density at radius 2 is 2.14 bits per heavy atom. The van der Waals surface area contributed by atoms with E-state index >= 15 is 0 Å². The lowest BCUT2D eigenvalue weighted by molar-refractivity contribution is 0.102. The van der Waals surface area contributed by atoms with Crippen molar-refractivity contribution in [1.29, 1.82) is 0 Å². The van der Waals surface area contributed by atoms with Crippen LogP contribution in [0.5, 0.6) is 0 Å². The maximum Gasteiger partial charge on any atom is 0.257 e. The smallest absolute Gasteiger partial charge is 0.257 e. The van der Waals surface area contributed by atoms with E-state index in [0.29, 0.717) is 5.69 Å². The van der Waals surface area contributed by atoms with Crippen LogP contribution in [0.1, 0.15) is 10.4 Å². The van der Waals surface area contributed by atoms with E-state index in [1.54, 1.807) is 11.6 Å². The predicted molar refractivity (Wildman–Crippen MR) is 81.8 cm³/mol. The second-order valence-electron chi connectivity index (χ2n) is 4.30. The van der Waals surface area contributed by atoms with Gasteiger partial charge in [0, 0.05) is 5.69 Å². The summed E-state index contributed by atoms with van der Waals surface area (Å²) in [5, 5.41) is 2.72. The van der Waals surface area contributed by atoms with Crippen LogP contribution in [0.25, 0.3) is 10.2 Å². The Kier molecular flexibility index (Phi) is 3.51. The molecular formula is C14H11FN4OS. The second-order valence-corrected chi connectivity index (χ2v) is 5.18. The summed E-state index contributed by atoms with van der Waals surface area (Å²) in [6.45, 7) is 0. The molecule has 0 atom stereocenters. The summed E-state index contributed by atoms with van der Waals surface area (Å²) in [6, 6.07) is 9.56. The Morgan fingerprint density at radius 3 is 2.95 bits per heavy atom. The molecule has 0 aliphatic heterocycles. The van der Waals surface area contributed by atoms with Crippen LogP contribution < -0.4 is 16.6 Å². The first-order valence-electron chi connectivity index (χ1n) is 6.09. The molecule has 106 valence electrons. The Morgan fingerprint density at radius 1 is 1.29 bits per heavy atom. The third-order valence-electron chi connectivity index (χ3n) is 2.99. The SMILES string of the molecule is NNc1c(F)cccc1C(=O)Nc1ccc2ncsc2c1. The highest BCUT2D eigenvalue weighted by Crippen LogP contribution is 2.24. The van der Waals surface area contributed by atoms with Gasteiger partial charge in [-0.15, -0.1) is 11.3 Å². The number of carbonyl (C=O) groups is 1. The number of anilines is 2. The van der Waals surface area contributed by atoms with Crippen molar-refractivity contribution in [2.75, 3.05) is 10.7 Å². The van der Waals surface area contributed by atoms with Crippen molar-refractivity contribution in [3.63, 3.8) is 0 Å². The molecule has 7 heteroatoms. The van der Waals surface area contributed by atoms with Crippen molar-refractivity contribution < 1.29 is 9.18 Å². The van der Waals surface area contributed by atoms with Gasteiger partial charge in [0.25, 0.3) is 5.91 Å². The first-order valence-corrected chi connectivity index (χ1v) is 6.97. The number of nitrogens with one attached hydrogen (secondary N) is 2. The standard InChI is InChI=1S/C14H11FN4OS/c15-10-3-1-2-9(13(10)19-16)14(20)18-8-4-5-11-12(6-8)21-7-17-11/h1-7,19H,16H2,(H,18,20). The topological polar surface area (TPSA) is 80.0 Å². The average molecular weight is 302 g/mol. The highest BCUT2D eigenvalue weighted by Gasteiger charge is 2.14. The van der Waals surface area contributed by atoms with Crippen molar-refractivity contribution in [3.8, 4) is 0 Å². The summed E-state index contributed by atoms with van der Waals surface area (Å²) in [6.07, 6.45) is 0. The fraction of sp³-hybridized carbons (Fsp3) is 0. The maximum atomic E-state index is 13.6. The zero-order valence-corrected chi connectivity index (χ0v) is 11.6. The van der Waals surface area contributed by atoms with Gasteiger partial charge in [-0.1, -0.05) is 6.07 Å². The molecule has 0 spiro atoms. The van der Waals surface area contributed by atoms with Gasteiger partial charge in [0.1, 0.15) is 5.82 Å². The van der Waals surface area contributed by atoms with Crippen molar-refractivity contribution in [2.45, 2.75) is 0 Å². The normalized spacial score (nSPS) is 10.6. The predicted octanol–water partition coefficient (Wildman–Crippen LogP) is 2.97. The lowest BCUT2D eigenvalue weighted by Crippen LogP contribution is -2.18. The first-order chi connectivity index (χ1) is 10.2. The summed E-state index contributed by atoms with van der Waals surface area (Å²) in [7, 11) is 0. The number of carbonyl (C=O) groups excluding carboxylic acids is 1. The van der Waals surface area contributed by atoms with Gasteiger partial charge in [-0.3, -0.25) is 10.6 Å². The second kappa shape index (κ2) is 5.47. The van der Waals surface area contributed by atoms with E-state index in [1.807, 2.05) is 12.1 Å². The van der Waals surface area contributed by atoms with Gasteiger partial charge in [0.2, 0.25) is 0 Å². The number of rotatable bonds is 3. The number of hydrazine groups is 1. The summed E-state index contributed by atoms with van der Waals surface area (Å²) < 4.78 is 14.5. The third kappa shape index (κ3) is 2.56. The van der Waals surface area contributed by atoms with Gasteiger partial charge in [-0.2, -0.15) is 0 Å². The number of hydrogen-bond acceptors (Lipinski definition) is 5. The highest BCUT2D eigenvalue weighted by atomic mass is 32.1. The number of hydrogen-bond donors (Lipinski definition) is 3. The molecular weight excluding hydrogens is 291 g/mol. The zero-order chi connectivity index (χ0) is 14.8. The van der Waals surface area contributed by atoms with Crippen molar-refractivity contribution in [1.82, 2.24) is 4.98 Å². The van der Waals surface area contributed by atoms with Crippen LogP contribution in [0.3, 0.4) is 0 Å². The van der Waals surface area contributed by atoms with Crippen molar-refractivity contribution in [3.05, 3.63) is 53.3 Å². The van der Waals surface area contributed by atoms with E-state index in [0.717, 1.165) is 10.2 Å². The van der Waals surface area contributed by atoms with Crippen LogP contribution in [0.4, 0.5) is 15.8 Å².